The molecule has 0 aliphatic heterocycles. The third-order valence-electron chi connectivity index (χ3n) is 5.20. The van der Waals surface area contributed by atoms with Gasteiger partial charge in [-0.1, -0.05) is 23.7 Å². The van der Waals surface area contributed by atoms with Crippen molar-refractivity contribution in [3.05, 3.63) is 88.1 Å². The maximum Gasteiger partial charge on any atom is 0.262 e. The summed E-state index contributed by atoms with van der Waals surface area (Å²) in [5, 5.41) is 4.08. The number of rotatable bonds is 7. The van der Waals surface area contributed by atoms with E-state index >= 15 is 0 Å². The van der Waals surface area contributed by atoms with Crippen LogP contribution in [-0.2, 0) is 4.79 Å². The monoisotopic (exact) mass is 463 g/mol. The van der Waals surface area contributed by atoms with Gasteiger partial charge in [0, 0.05) is 16.0 Å². The van der Waals surface area contributed by atoms with Gasteiger partial charge in [0.2, 0.25) is 5.78 Å². The lowest BCUT2D eigenvalue weighted by atomic mass is 10.1. The lowest BCUT2D eigenvalue weighted by Crippen LogP contribution is -2.21. The van der Waals surface area contributed by atoms with Crippen LogP contribution in [0, 0.1) is 13.8 Å². The number of nitrogens with one attached hydrogen (secondary N) is 1. The maximum atomic E-state index is 13.2. The van der Waals surface area contributed by atoms with E-state index in [1.165, 1.54) is 0 Å². The lowest BCUT2D eigenvalue weighted by molar-refractivity contribution is -0.118. The van der Waals surface area contributed by atoms with Gasteiger partial charge in [0.05, 0.1) is 12.8 Å². The summed E-state index contributed by atoms with van der Waals surface area (Å²) in [6.45, 7) is 3.50. The molecule has 0 bridgehead atoms. The Morgan fingerprint density at radius 2 is 1.64 bits per heavy atom. The van der Waals surface area contributed by atoms with Gasteiger partial charge < -0.3 is 19.2 Å². The Hall–Kier alpha value is -3.77. The van der Waals surface area contributed by atoms with Gasteiger partial charge in [0.1, 0.15) is 17.1 Å². The van der Waals surface area contributed by atoms with Gasteiger partial charge >= 0.3 is 0 Å². The van der Waals surface area contributed by atoms with Gasteiger partial charge in [0.15, 0.2) is 12.4 Å². The van der Waals surface area contributed by atoms with Gasteiger partial charge in [-0.25, -0.2) is 0 Å². The molecule has 0 unspecified atom stereocenters. The number of benzene rings is 3. The standard InChI is InChI=1S/C26H22ClNO5/c1-15-12-19(13-16(2)23(15)27)32-14-22(29)28-24-20-6-4-5-7-21(20)33-26(24)25(30)17-8-10-18(31-3)11-9-17/h4-13H,14H2,1-3H3,(H,28,29). The fourth-order valence-corrected chi connectivity index (χ4v) is 3.63. The number of methoxy groups -OCH3 is 1. The fourth-order valence-electron chi connectivity index (χ4n) is 3.52. The Bertz CT molecular complexity index is 1320. The average Bonchev–Trinajstić information content (AvgIpc) is 3.19. The Morgan fingerprint density at radius 3 is 2.30 bits per heavy atom. The van der Waals surface area contributed by atoms with Crippen molar-refractivity contribution in [2.45, 2.75) is 13.8 Å². The van der Waals surface area contributed by atoms with E-state index in [2.05, 4.69) is 5.32 Å². The van der Waals surface area contributed by atoms with Crippen LogP contribution in [0.4, 0.5) is 5.69 Å². The third kappa shape index (κ3) is 4.71. The largest absolute Gasteiger partial charge is 0.497 e. The number of aryl methyl sites for hydroxylation is 2. The molecule has 0 aliphatic carbocycles. The van der Waals surface area contributed by atoms with Crippen LogP contribution in [0.5, 0.6) is 11.5 Å². The van der Waals surface area contributed by atoms with Gasteiger partial charge in [0.25, 0.3) is 5.91 Å². The highest BCUT2D eigenvalue weighted by Crippen LogP contribution is 2.33. The third-order valence-corrected chi connectivity index (χ3v) is 5.79. The molecule has 4 rings (SSSR count). The van der Waals surface area contributed by atoms with E-state index in [4.69, 9.17) is 25.5 Å². The molecule has 0 aliphatic rings. The molecule has 33 heavy (non-hydrogen) atoms. The van der Waals surface area contributed by atoms with Crippen LogP contribution in [0.1, 0.15) is 27.2 Å². The minimum absolute atomic E-state index is 0.0490. The van der Waals surface area contributed by atoms with Crippen molar-refractivity contribution < 1.29 is 23.5 Å². The summed E-state index contributed by atoms with van der Waals surface area (Å²) in [7, 11) is 1.55. The van der Waals surface area contributed by atoms with E-state index in [9.17, 15) is 9.59 Å². The summed E-state index contributed by atoms with van der Waals surface area (Å²) in [6, 6.07) is 17.4. The number of fused-ring (bicyclic) bond motifs is 1. The predicted molar refractivity (Wildman–Crippen MR) is 128 cm³/mol. The molecule has 1 N–H and O–H groups in total. The van der Waals surface area contributed by atoms with Gasteiger partial charge in [-0.15, -0.1) is 0 Å². The molecule has 1 amide bonds. The lowest BCUT2D eigenvalue weighted by Gasteiger charge is -2.10. The second-order valence-corrected chi connectivity index (χ2v) is 7.95. The quantitative estimate of drug-likeness (QED) is 0.342. The minimum atomic E-state index is -0.421. The summed E-state index contributed by atoms with van der Waals surface area (Å²) in [5.41, 5.74) is 2.94. The van der Waals surface area contributed by atoms with Crippen LogP contribution in [-0.4, -0.2) is 25.4 Å². The van der Waals surface area contributed by atoms with Crippen LogP contribution in [0.2, 0.25) is 5.02 Å². The average molecular weight is 464 g/mol. The molecule has 0 radical (unpaired) electrons. The topological polar surface area (TPSA) is 77.8 Å². The first-order valence-corrected chi connectivity index (χ1v) is 10.6. The predicted octanol–water partition coefficient (Wildman–Crippen LogP) is 5.96. The van der Waals surface area contributed by atoms with Crippen molar-refractivity contribution in [1.29, 1.82) is 0 Å². The normalized spacial score (nSPS) is 10.8. The number of para-hydroxylation sites is 1. The van der Waals surface area contributed by atoms with E-state index < -0.39 is 5.91 Å². The molecule has 168 valence electrons. The summed E-state index contributed by atoms with van der Waals surface area (Å²) >= 11 is 6.19. The molecular weight excluding hydrogens is 442 g/mol. The summed E-state index contributed by atoms with van der Waals surface area (Å²) in [4.78, 5) is 25.9. The first kappa shape index (κ1) is 22.4. The molecule has 0 atom stereocenters. The number of hydrogen-bond donors (Lipinski definition) is 1. The molecule has 1 aromatic heterocycles. The second kappa shape index (κ2) is 9.38. The number of furan rings is 1. The van der Waals surface area contributed by atoms with Crippen LogP contribution in [0.15, 0.2) is 65.1 Å². The van der Waals surface area contributed by atoms with E-state index in [-0.39, 0.29) is 18.2 Å². The molecule has 0 fully saturated rings. The van der Waals surface area contributed by atoms with Crippen molar-refractivity contribution in [2.24, 2.45) is 0 Å². The van der Waals surface area contributed by atoms with E-state index in [1.54, 1.807) is 61.7 Å². The van der Waals surface area contributed by atoms with Crippen LogP contribution >= 0.6 is 11.6 Å². The van der Waals surface area contributed by atoms with Crippen molar-refractivity contribution in [1.82, 2.24) is 0 Å². The highest BCUT2D eigenvalue weighted by atomic mass is 35.5. The number of carbonyl (C=O) groups excluding carboxylic acids is 2. The minimum Gasteiger partial charge on any atom is -0.497 e. The highest BCUT2D eigenvalue weighted by Gasteiger charge is 2.23. The summed E-state index contributed by atoms with van der Waals surface area (Å²) in [6.07, 6.45) is 0. The van der Waals surface area contributed by atoms with Crippen LogP contribution < -0.4 is 14.8 Å². The van der Waals surface area contributed by atoms with Gasteiger partial charge in [-0.05, 0) is 73.5 Å². The van der Waals surface area contributed by atoms with Crippen LogP contribution in [0.25, 0.3) is 11.0 Å². The second-order valence-electron chi connectivity index (χ2n) is 7.57. The smallest absolute Gasteiger partial charge is 0.262 e. The molecular formula is C26H22ClNO5. The fraction of sp³-hybridized carbons (Fsp3) is 0.154. The zero-order chi connectivity index (χ0) is 23.5. The number of carbonyl (C=O) groups is 2. The molecule has 0 saturated heterocycles. The van der Waals surface area contributed by atoms with E-state index in [0.717, 1.165) is 11.1 Å². The Morgan fingerprint density at radius 1 is 0.970 bits per heavy atom. The SMILES string of the molecule is COc1ccc(C(=O)c2oc3ccccc3c2NC(=O)COc2cc(C)c(Cl)c(C)c2)cc1. The molecule has 0 saturated carbocycles. The Labute approximate surface area is 196 Å². The summed E-state index contributed by atoms with van der Waals surface area (Å²) in [5.74, 6) is 0.447. The first-order valence-electron chi connectivity index (χ1n) is 10.3. The van der Waals surface area contributed by atoms with Crippen molar-refractivity contribution >= 4 is 39.9 Å². The molecule has 7 heteroatoms. The Kier molecular flexibility index (Phi) is 6.38. The number of halogens is 1. The Balaban J connectivity index is 1.58. The zero-order valence-corrected chi connectivity index (χ0v) is 19.2. The number of hydrogen-bond acceptors (Lipinski definition) is 5. The highest BCUT2D eigenvalue weighted by molar-refractivity contribution is 6.32. The van der Waals surface area contributed by atoms with Gasteiger partial charge in [-0.3, -0.25) is 9.59 Å². The molecule has 1 heterocycles. The molecule has 3 aromatic carbocycles. The number of ether oxygens (including phenoxy) is 2. The number of amides is 1. The van der Waals surface area contributed by atoms with E-state index in [0.29, 0.717) is 38.7 Å². The van der Waals surface area contributed by atoms with E-state index in [1.807, 2.05) is 19.9 Å². The van der Waals surface area contributed by atoms with Crippen molar-refractivity contribution in [2.75, 3.05) is 19.0 Å². The molecule has 4 aromatic rings. The molecule has 0 spiro atoms. The number of ketones is 1. The number of anilines is 1. The van der Waals surface area contributed by atoms with Crippen molar-refractivity contribution in [3.63, 3.8) is 0 Å². The van der Waals surface area contributed by atoms with Gasteiger partial charge in [-0.2, -0.15) is 0 Å². The van der Waals surface area contributed by atoms with Crippen molar-refractivity contribution in [3.8, 4) is 11.5 Å². The summed E-state index contributed by atoms with van der Waals surface area (Å²) < 4.78 is 16.6. The maximum absolute atomic E-state index is 13.2. The zero-order valence-electron chi connectivity index (χ0n) is 18.4. The van der Waals surface area contributed by atoms with Crippen LogP contribution in [0.3, 0.4) is 0 Å². The molecule has 6 nitrogen and oxygen atoms in total. The first-order chi connectivity index (χ1) is 15.9.